The van der Waals surface area contributed by atoms with Crippen LogP contribution in [-0.4, -0.2) is 51.3 Å². The van der Waals surface area contributed by atoms with Crippen LogP contribution in [0.25, 0.3) is 5.65 Å². The van der Waals surface area contributed by atoms with Gasteiger partial charge in [-0.2, -0.15) is 0 Å². The molecule has 1 saturated heterocycles. The Balaban J connectivity index is 1.90. The van der Waals surface area contributed by atoms with Crippen LogP contribution in [0.15, 0.2) is 40.2 Å². The molecule has 0 atom stereocenters. The number of hydrogen-bond acceptors (Lipinski definition) is 7. The van der Waals surface area contributed by atoms with Crippen molar-refractivity contribution in [2.75, 3.05) is 32.1 Å². The molecule has 2 aromatic heterocycles. The number of aromatic nitrogens is 2. The second-order valence-corrected chi connectivity index (χ2v) is 8.22. The van der Waals surface area contributed by atoms with E-state index in [0.29, 0.717) is 46.0 Å². The minimum absolute atomic E-state index is 0.0869. The van der Waals surface area contributed by atoms with E-state index in [0.717, 1.165) is 12.8 Å². The van der Waals surface area contributed by atoms with Crippen LogP contribution in [0.2, 0.25) is 0 Å². The summed E-state index contributed by atoms with van der Waals surface area (Å²) in [6.45, 7) is 3.72. The fourth-order valence-corrected chi connectivity index (χ4v) is 4.25. The van der Waals surface area contributed by atoms with E-state index in [2.05, 4.69) is 17.2 Å². The van der Waals surface area contributed by atoms with Gasteiger partial charge >= 0.3 is 0 Å². The number of thiocarbonyl (C=S) groups is 1. The number of pyridine rings is 1. The number of anilines is 1. The molecule has 0 spiro atoms. The van der Waals surface area contributed by atoms with Gasteiger partial charge in [-0.1, -0.05) is 49.5 Å². The number of nitrogens with one attached hydrogen (secondary N) is 1. The van der Waals surface area contributed by atoms with Crippen molar-refractivity contribution in [3.8, 4) is 0 Å². The summed E-state index contributed by atoms with van der Waals surface area (Å²) in [6.07, 6.45) is 5.66. The molecule has 9 heteroatoms. The van der Waals surface area contributed by atoms with Gasteiger partial charge in [0.25, 0.3) is 11.5 Å². The first-order valence-corrected chi connectivity index (χ1v) is 10.8. The third kappa shape index (κ3) is 4.85. The summed E-state index contributed by atoms with van der Waals surface area (Å²) in [5.74, 6) is 0.423. The number of thioether (sulfide) groups is 1. The third-order valence-electron chi connectivity index (χ3n) is 4.53. The first kappa shape index (κ1) is 21.5. The molecule has 1 aliphatic rings. The zero-order chi connectivity index (χ0) is 20.8. The summed E-state index contributed by atoms with van der Waals surface area (Å²) >= 11 is 6.63. The Labute approximate surface area is 179 Å². The summed E-state index contributed by atoms with van der Waals surface area (Å²) < 4.78 is 7.16. The van der Waals surface area contributed by atoms with Gasteiger partial charge in [-0.05, 0) is 18.6 Å². The van der Waals surface area contributed by atoms with E-state index in [1.807, 2.05) is 6.07 Å². The topological polar surface area (TPSA) is 75.9 Å². The van der Waals surface area contributed by atoms with Crippen LogP contribution < -0.4 is 10.9 Å². The second kappa shape index (κ2) is 10.00. The van der Waals surface area contributed by atoms with Crippen molar-refractivity contribution in [3.05, 3.63) is 51.3 Å². The van der Waals surface area contributed by atoms with Crippen molar-refractivity contribution >= 4 is 45.7 Å². The van der Waals surface area contributed by atoms with Gasteiger partial charge in [-0.25, -0.2) is 4.98 Å². The molecule has 154 valence electrons. The van der Waals surface area contributed by atoms with E-state index < -0.39 is 0 Å². The van der Waals surface area contributed by atoms with Gasteiger partial charge in [0.2, 0.25) is 0 Å². The van der Waals surface area contributed by atoms with E-state index in [4.69, 9.17) is 17.0 Å². The minimum Gasteiger partial charge on any atom is -0.383 e. The molecule has 29 heavy (non-hydrogen) atoms. The average Bonchev–Trinajstić information content (AvgIpc) is 2.99. The van der Waals surface area contributed by atoms with Crippen LogP contribution in [0.1, 0.15) is 25.3 Å². The number of hydrogen-bond donors (Lipinski definition) is 1. The highest BCUT2D eigenvalue weighted by atomic mass is 32.2. The Hall–Kier alpha value is -2.23. The summed E-state index contributed by atoms with van der Waals surface area (Å²) in [7, 11) is 1.62. The molecule has 1 N–H and O–H groups in total. The Kier molecular flexibility index (Phi) is 7.40. The standard InChI is InChI=1S/C20H24N4O3S2/c1-3-4-11-24-19(26)15(29-20(24)28)9-8-14-17(21-10-13-27-2)22-16-7-5-6-12-23(16)18(14)25/h5-7,9,12,21H,3-4,8,10-11,13H2,1-2H3. The van der Waals surface area contributed by atoms with Crippen molar-refractivity contribution in [2.24, 2.45) is 0 Å². The van der Waals surface area contributed by atoms with E-state index in [9.17, 15) is 9.59 Å². The van der Waals surface area contributed by atoms with Crippen molar-refractivity contribution in [1.29, 1.82) is 0 Å². The monoisotopic (exact) mass is 432 g/mol. The largest absolute Gasteiger partial charge is 0.383 e. The van der Waals surface area contributed by atoms with Crippen LogP contribution in [0, 0.1) is 0 Å². The van der Waals surface area contributed by atoms with Gasteiger partial charge in [-0.3, -0.25) is 18.9 Å². The fraction of sp³-hybridized carbons (Fsp3) is 0.400. The highest BCUT2D eigenvalue weighted by Gasteiger charge is 2.31. The van der Waals surface area contributed by atoms with Gasteiger partial charge in [0.05, 0.1) is 17.1 Å². The van der Waals surface area contributed by atoms with Gasteiger partial charge in [0.1, 0.15) is 15.8 Å². The maximum absolute atomic E-state index is 13.0. The highest BCUT2D eigenvalue weighted by molar-refractivity contribution is 8.26. The number of fused-ring (bicyclic) bond motifs is 1. The van der Waals surface area contributed by atoms with Gasteiger partial charge in [-0.15, -0.1) is 0 Å². The number of nitrogens with zero attached hydrogens (tertiary/aromatic N) is 3. The molecule has 0 radical (unpaired) electrons. The number of carbonyl (C=O) groups is 1. The van der Waals surface area contributed by atoms with Crippen LogP contribution in [0.3, 0.4) is 0 Å². The Bertz CT molecular complexity index is 1000. The molecule has 0 unspecified atom stereocenters. The minimum atomic E-state index is -0.159. The lowest BCUT2D eigenvalue weighted by Gasteiger charge is -2.13. The van der Waals surface area contributed by atoms with E-state index in [-0.39, 0.29) is 17.9 Å². The number of unbranched alkanes of at least 4 members (excludes halogenated alkanes) is 1. The fourth-order valence-electron chi connectivity index (χ4n) is 2.97. The van der Waals surface area contributed by atoms with Gasteiger partial charge in [0.15, 0.2) is 0 Å². The molecule has 1 fully saturated rings. The lowest BCUT2D eigenvalue weighted by Crippen LogP contribution is -2.29. The number of allylic oxidation sites excluding steroid dienone is 1. The maximum Gasteiger partial charge on any atom is 0.265 e. The molecule has 0 saturated carbocycles. The predicted molar refractivity (Wildman–Crippen MR) is 120 cm³/mol. The number of methoxy groups -OCH3 is 1. The SMILES string of the molecule is CCCCN1C(=O)C(=CCc2c(NCCOC)nc3ccccn3c2=O)SC1=S. The normalized spacial score (nSPS) is 15.7. The predicted octanol–water partition coefficient (Wildman–Crippen LogP) is 2.84. The lowest BCUT2D eigenvalue weighted by molar-refractivity contribution is -0.122. The Morgan fingerprint density at radius 2 is 2.17 bits per heavy atom. The molecule has 0 bridgehead atoms. The van der Waals surface area contributed by atoms with Crippen LogP contribution in [0.5, 0.6) is 0 Å². The molecule has 0 aromatic carbocycles. The van der Waals surface area contributed by atoms with Crippen LogP contribution in [0.4, 0.5) is 5.82 Å². The van der Waals surface area contributed by atoms with Gasteiger partial charge < -0.3 is 10.1 Å². The summed E-state index contributed by atoms with van der Waals surface area (Å²) in [5.41, 5.74) is 0.906. The van der Waals surface area contributed by atoms with Crippen molar-refractivity contribution in [1.82, 2.24) is 14.3 Å². The zero-order valence-electron chi connectivity index (χ0n) is 16.5. The first-order valence-electron chi connectivity index (χ1n) is 9.53. The van der Waals surface area contributed by atoms with E-state index in [1.54, 1.807) is 36.4 Å². The summed E-state index contributed by atoms with van der Waals surface area (Å²) in [4.78, 5) is 32.5. The van der Waals surface area contributed by atoms with Crippen molar-refractivity contribution < 1.29 is 9.53 Å². The first-order chi connectivity index (χ1) is 14.1. The molecule has 3 heterocycles. The average molecular weight is 433 g/mol. The zero-order valence-corrected chi connectivity index (χ0v) is 18.1. The molecular weight excluding hydrogens is 408 g/mol. The van der Waals surface area contributed by atoms with E-state index >= 15 is 0 Å². The Morgan fingerprint density at radius 3 is 2.93 bits per heavy atom. The molecule has 1 amide bonds. The molecular formula is C20H24N4O3S2. The number of ether oxygens (including phenoxy) is 1. The quantitative estimate of drug-likeness (QED) is 0.371. The van der Waals surface area contributed by atoms with Crippen LogP contribution >= 0.6 is 24.0 Å². The van der Waals surface area contributed by atoms with Crippen molar-refractivity contribution in [2.45, 2.75) is 26.2 Å². The summed E-state index contributed by atoms with van der Waals surface area (Å²) in [5, 5.41) is 3.17. The number of amides is 1. The molecule has 2 aromatic rings. The third-order valence-corrected chi connectivity index (χ3v) is 5.95. The Morgan fingerprint density at radius 1 is 1.34 bits per heavy atom. The molecule has 1 aliphatic heterocycles. The van der Waals surface area contributed by atoms with E-state index in [1.165, 1.54) is 16.2 Å². The van der Waals surface area contributed by atoms with Crippen molar-refractivity contribution in [3.63, 3.8) is 0 Å². The highest BCUT2D eigenvalue weighted by Crippen LogP contribution is 2.31. The second-order valence-electron chi connectivity index (χ2n) is 6.54. The van der Waals surface area contributed by atoms with Crippen LogP contribution in [-0.2, 0) is 16.0 Å². The smallest absolute Gasteiger partial charge is 0.265 e. The lowest BCUT2D eigenvalue weighted by atomic mass is 10.2. The number of carbonyl (C=O) groups excluding carboxylic acids is 1. The number of rotatable bonds is 9. The molecule has 0 aliphatic carbocycles. The summed E-state index contributed by atoms with van der Waals surface area (Å²) in [6, 6.07) is 5.41. The maximum atomic E-state index is 13.0. The van der Waals surface area contributed by atoms with Gasteiger partial charge in [0, 0.05) is 32.8 Å². The molecule has 3 rings (SSSR count). The molecule has 7 nitrogen and oxygen atoms in total.